The Labute approximate surface area is 330 Å². The maximum absolute atomic E-state index is 6.59. The number of nitrogens with zero attached hydrogens (tertiary/aromatic N) is 2. The highest BCUT2D eigenvalue weighted by Gasteiger charge is 2.18. The van der Waals surface area contributed by atoms with Gasteiger partial charge in [-0.2, -0.15) is 0 Å². The zero-order valence-corrected chi connectivity index (χ0v) is 30.9. The molecule has 7 aromatic carbocycles. The van der Waals surface area contributed by atoms with Crippen molar-refractivity contribution in [2.24, 2.45) is 0 Å². The van der Waals surface area contributed by atoms with Crippen LogP contribution in [0.4, 0.5) is 22.7 Å². The van der Waals surface area contributed by atoms with Crippen molar-refractivity contribution in [2.75, 3.05) is 10.6 Å². The first-order valence-corrected chi connectivity index (χ1v) is 19.0. The number of ether oxygens (including phenoxy) is 1. The monoisotopic (exact) mass is 732 g/mol. The first-order valence-electron chi connectivity index (χ1n) is 19.0. The van der Waals surface area contributed by atoms with Crippen molar-refractivity contribution in [2.45, 2.75) is 0 Å². The van der Waals surface area contributed by atoms with Gasteiger partial charge < -0.3 is 15.4 Å². The molecule has 0 aliphatic heterocycles. The average Bonchev–Trinajstić information content (AvgIpc) is 3.37. The molecule has 0 atom stereocenters. The molecule has 2 aromatic heterocycles. The number of para-hydroxylation sites is 2. The number of pyridine rings is 1. The van der Waals surface area contributed by atoms with Crippen LogP contribution in [-0.2, 0) is 0 Å². The second kappa shape index (κ2) is 14.8. The van der Waals surface area contributed by atoms with E-state index in [1.807, 2.05) is 66.9 Å². The molecular formula is C52H36N4O. The van der Waals surface area contributed by atoms with E-state index in [0.717, 1.165) is 89.5 Å². The summed E-state index contributed by atoms with van der Waals surface area (Å²) in [5, 5.41) is 12.3. The van der Waals surface area contributed by atoms with Gasteiger partial charge in [-0.25, -0.2) is 4.98 Å². The van der Waals surface area contributed by atoms with E-state index in [1.165, 1.54) is 5.39 Å². The van der Waals surface area contributed by atoms with Gasteiger partial charge >= 0.3 is 0 Å². The highest BCUT2D eigenvalue weighted by Crippen LogP contribution is 2.43. The summed E-state index contributed by atoms with van der Waals surface area (Å²) >= 11 is 0. The molecule has 0 amide bonds. The van der Waals surface area contributed by atoms with Gasteiger partial charge in [0.15, 0.2) is 0 Å². The van der Waals surface area contributed by atoms with E-state index in [4.69, 9.17) is 4.74 Å². The molecular weight excluding hydrogens is 697 g/mol. The largest absolute Gasteiger partial charge is 0.457 e. The van der Waals surface area contributed by atoms with Crippen LogP contribution in [-0.4, -0.2) is 9.55 Å². The first-order chi connectivity index (χ1) is 28.3. The standard InChI is InChI=1S/C52H36N4O/c1-2-5-17-36(16-4-1)42-25-15-26-43(37-18-6-3-7-19-37)51(42)55-52-44-23-9-8-20-38(44)29-32-47(52)54-39-21-14-22-40(34-39)57-41-30-31-46-45-24-10-11-27-48(45)56(49(46)35-41)50-28-12-13-33-53-50/h1,3-35,54-55H. The van der Waals surface area contributed by atoms with E-state index in [9.17, 15) is 0 Å². The van der Waals surface area contributed by atoms with E-state index < -0.39 is 0 Å². The van der Waals surface area contributed by atoms with Gasteiger partial charge in [-0.05, 0) is 83.3 Å². The van der Waals surface area contributed by atoms with E-state index in [-0.39, 0.29) is 0 Å². The summed E-state index contributed by atoms with van der Waals surface area (Å²) in [4.78, 5) is 4.69. The van der Waals surface area contributed by atoms with Crippen LogP contribution in [0.3, 0.4) is 0 Å². The number of nitrogens with one attached hydrogen (secondary N) is 2. The zero-order valence-electron chi connectivity index (χ0n) is 30.9. The smallest absolute Gasteiger partial charge is 0.137 e. The summed E-state index contributed by atoms with van der Waals surface area (Å²) in [7, 11) is 0. The van der Waals surface area contributed by atoms with Gasteiger partial charge in [0, 0.05) is 51.3 Å². The second-order valence-corrected chi connectivity index (χ2v) is 13.9. The Balaban J connectivity index is 1.03. The van der Waals surface area contributed by atoms with Crippen LogP contribution < -0.4 is 15.4 Å². The van der Waals surface area contributed by atoms with Crippen molar-refractivity contribution in [1.29, 1.82) is 0 Å². The Hall–Kier alpha value is -7.85. The highest BCUT2D eigenvalue weighted by molar-refractivity contribution is 6.09. The fraction of sp³-hybridized carbons (Fsp3) is 0. The number of hydrogen-bond acceptors (Lipinski definition) is 4. The van der Waals surface area contributed by atoms with E-state index >= 15 is 0 Å². The van der Waals surface area contributed by atoms with Gasteiger partial charge in [0.2, 0.25) is 0 Å². The summed E-state index contributed by atoms with van der Waals surface area (Å²) in [5.41, 5.74) is 13.6. The highest BCUT2D eigenvalue weighted by atomic mass is 16.5. The summed E-state index contributed by atoms with van der Waals surface area (Å²) in [6.45, 7) is 0. The molecule has 0 saturated heterocycles. The molecule has 0 radical (unpaired) electrons. The van der Waals surface area contributed by atoms with Crippen molar-refractivity contribution < 1.29 is 4.74 Å². The lowest BCUT2D eigenvalue weighted by Gasteiger charge is -2.22. The molecule has 1 aliphatic carbocycles. The Morgan fingerprint density at radius 2 is 1.33 bits per heavy atom. The summed E-state index contributed by atoms with van der Waals surface area (Å²) in [5.74, 6) is 2.33. The molecule has 2 heterocycles. The first kappa shape index (κ1) is 33.7. The van der Waals surface area contributed by atoms with Crippen molar-refractivity contribution >= 4 is 60.9 Å². The molecule has 2 N–H and O–H groups in total. The van der Waals surface area contributed by atoms with Gasteiger partial charge in [-0.3, -0.25) is 4.57 Å². The van der Waals surface area contributed by atoms with Crippen molar-refractivity contribution in [3.63, 3.8) is 0 Å². The van der Waals surface area contributed by atoms with E-state index in [0.29, 0.717) is 0 Å². The Morgan fingerprint density at radius 1 is 0.544 bits per heavy atom. The molecule has 1 aliphatic rings. The van der Waals surface area contributed by atoms with Crippen LogP contribution in [0.5, 0.6) is 11.5 Å². The minimum Gasteiger partial charge on any atom is -0.457 e. The van der Waals surface area contributed by atoms with Crippen LogP contribution in [0.15, 0.2) is 212 Å². The van der Waals surface area contributed by atoms with Gasteiger partial charge in [-0.15, -0.1) is 5.73 Å². The molecule has 10 rings (SSSR count). The minimum atomic E-state index is 0.723. The molecule has 0 spiro atoms. The fourth-order valence-electron chi connectivity index (χ4n) is 7.73. The topological polar surface area (TPSA) is 51.1 Å². The summed E-state index contributed by atoms with van der Waals surface area (Å²) in [6.07, 6.45) is 12.0. The molecule has 9 aromatic rings. The quantitative estimate of drug-likeness (QED) is 0.145. The van der Waals surface area contributed by atoms with E-state index in [2.05, 4.69) is 165 Å². The zero-order chi connectivity index (χ0) is 38.0. The Kier molecular flexibility index (Phi) is 8.73. The molecule has 0 saturated carbocycles. The number of rotatable bonds is 9. The lowest BCUT2D eigenvalue weighted by Crippen LogP contribution is -2.03. The van der Waals surface area contributed by atoms with Crippen LogP contribution in [0.25, 0.3) is 55.1 Å². The van der Waals surface area contributed by atoms with Gasteiger partial charge in [-0.1, -0.05) is 121 Å². The molecule has 57 heavy (non-hydrogen) atoms. The van der Waals surface area contributed by atoms with Gasteiger partial charge in [0.05, 0.1) is 28.1 Å². The third-order valence-corrected chi connectivity index (χ3v) is 10.3. The third-order valence-electron chi connectivity index (χ3n) is 10.3. The van der Waals surface area contributed by atoms with Crippen molar-refractivity contribution in [3.05, 3.63) is 218 Å². The molecule has 0 bridgehead atoms. The van der Waals surface area contributed by atoms with Crippen molar-refractivity contribution in [1.82, 2.24) is 9.55 Å². The lowest BCUT2D eigenvalue weighted by molar-refractivity contribution is 0.483. The normalized spacial score (nSPS) is 12.2. The lowest BCUT2D eigenvalue weighted by atomic mass is 9.94. The minimum absolute atomic E-state index is 0.723. The van der Waals surface area contributed by atoms with Crippen LogP contribution in [0.1, 0.15) is 5.56 Å². The molecule has 0 unspecified atom stereocenters. The van der Waals surface area contributed by atoms with Crippen LogP contribution in [0, 0.1) is 0 Å². The van der Waals surface area contributed by atoms with E-state index in [1.54, 1.807) is 0 Å². The fourth-order valence-corrected chi connectivity index (χ4v) is 7.73. The molecule has 5 nitrogen and oxygen atoms in total. The Morgan fingerprint density at radius 3 is 2.25 bits per heavy atom. The van der Waals surface area contributed by atoms with Crippen molar-refractivity contribution in [3.8, 4) is 28.4 Å². The maximum atomic E-state index is 6.59. The maximum Gasteiger partial charge on any atom is 0.137 e. The number of allylic oxidation sites excluding steroid dienone is 5. The molecule has 270 valence electrons. The predicted octanol–water partition coefficient (Wildman–Crippen LogP) is 13.9. The number of aromatic nitrogens is 2. The summed E-state index contributed by atoms with van der Waals surface area (Å²) < 4.78 is 8.79. The number of hydrogen-bond donors (Lipinski definition) is 2. The number of benzene rings is 7. The second-order valence-electron chi connectivity index (χ2n) is 13.9. The van der Waals surface area contributed by atoms with Gasteiger partial charge in [0.25, 0.3) is 0 Å². The van der Waals surface area contributed by atoms with Gasteiger partial charge in [0.1, 0.15) is 17.3 Å². The molecule has 5 heteroatoms. The number of fused-ring (bicyclic) bond motifs is 4. The average molecular weight is 733 g/mol. The number of anilines is 4. The predicted molar refractivity (Wildman–Crippen MR) is 237 cm³/mol. The Bertz CT molecular complexity index is 3080. The summed E-state index contributed by atoms with van der Waals surface area (Å²) in [6, 6.07) is 58.6. The third kappa shape index (κ3) is 6.55. The van der Waals surface area contributed by atoms with Crippen LogP contribution >= 0.6 is 0 Å². The van der Waals surface area contributed by atoms with Crippen LogP contribution in [0.2, 0.25) is 0 Å². The SMILES string of the molecule is C1=CC=CC(c2cccc(-c3ccccc3)c2Nc2c(Nc3cccc(Oc4ccc5c6ccccc6n(-c6ccccn6)c5c4)c3)ccc3ccccc23)=CC=1. The molecule has 0 fully saturated rings.